The lowest BCUT2D eigenvalue weighted by atomic mass is 10.1. The minimum absolute atomic E-state index is 0.0593. The first-order valence-electron chi connectivity index (χ1n) is 9.98. The summed E-state index contributed by atoms with van der Waals surface area (Å²) in [6.45, 7) is 2.72. The quantitative estimate of drug-likeness (QED) is 0.601. The van der Waals surface area contributed by atoms with Crippen molar-refractivity contribution >= 4 is 32.4 Å². The number of nitrogens with one attached hydrogen (secondary N) is 1. The summed E-state index contributed by atoms with van der Waals surface area (Å²) in [6, 6.07) is 11.3. The molecule has 2 aromatic carbocycles. The summed E-state index contributed by atoms with van der Waals surface area (Å²) in [5, 5.41) is 4.89. The maximum atomic E-state index is 14.4. The summed E-state index contributed by atoms with van der Waals surface area (Å²) in [5.74, 6) is -1.40. The highest BCUT2D eigenvalue weighted by Gasteiger charge is 2.29. The first-order valence-corrected chi connectivity index (χ1v) is 12.3. The van der Waals surface area contributed by atoms with Crippen LogP contribution in [0.5, 0.6) is 0 Å². The first-order chi connectivity index (χ1) is 14.8. The molecule has 0 bridgehead atoms. The van der Waals surface area contributed by atoms with Crippen LogP contribution in [0.25, 0.3) is 11.3 Å². The molecule has 0 unspecified atom stereocenters. The Bertz CT molecular complexity index is 1200. The second kappa shape index (κ2) is 8.86. The fourth-order valence-corrected chi connectivity index (χ4v) is 5.77. The zero-order valence-electron chi connectivity index (χ0n) is 17.0. The van der Waals surface area contributed by atoms with Gasteiger partial charge in [-0.05, 0) is 38.0 Å². The normalized spacial score (nSPS) is 15.0. The Hall–Kier alpha value is -2.62. The fraction of sp³-hybridized carbons (Fsp3) is 0.273. The van der Waals surface area contributed by atoms with Crippen LogP contribution in [0.4, 0.5) is 9.52 Å². The van der Waals surface area contributed by atoms with E-state index in [2.05, 4.69) is 10.3 Å². The maximum absolute atomic E-state index is 14.4. The number of sulfonamides is 1. The number of anilines is 1. The monoisotopic (exact) mass is 459 g/mol. The van der Waals surface area contributed by atoms with Gasteiger partial charge >= 0.3 is 0 Å². The molecular formula is C22H22FN3O3S2. The van der Waals surface area contributed by atoms with E-state index in [1.54, 1.807) is 0 Å². The highest BCUT2D eigenvalue weighted by Crippen LogP contribution is 2.27. The fourth-order valence-electron chi connectivity index (χ4n) is 3.44. The second-order valence-corrected chi connectivity index (χ2v) is 10.2. The Morgan fingerprint density at radius 1 is 1.10 bits per heavy atom. The van der Waals surface area contributed by atoms with Gasteiger partial charge in [-0.3, -0.25) is 10.1 Å². The molecule has 9 heteroatoms. The zero-order chi connectivity index (χ0) is 22.0. The summed E-state index contributed by atoms with van der Waals surface area (Å²) >= 11 is 1.26. The highest BCUT2D eigenvalue weighted by atomic mass is 32.2. The average Bonchev–Trinajstić information content (AvgIpc) is 3.23. The van der Waals surface area contributed by atoms with Crippen LogP contribution in [0, 0.1) is 12.7 Å². The number of hydrogen-bond donors (Lipinski definition) is 1. The van der Waals surface area contributed by atoms with E-state index in [9.17, 15) is 17.6 Å². The summed E-state index contributed by atoms with van der Waals surface area (Å²) in [7, 11) is -3.99. The number of piperidine rings is 1. The number of halogens is 1. The van der Waals surface area contributed by atoms with Gasteiger partial charge in [-0.1, -0.05) is 36.2 Å². The Morgan fingerprint density at radius 3 is 2.52 bits per heavy atom. The molecule has 3 aromatic rings. The van der Waals surface area contributed by atoms with Crippen LogP contribution >= 0.6 is 11.3 Å². The molecule has 31 heavy (non-hydrogen) atoms. The largest absolute Gasteiger partial charge is 0.298 e. The van der Waals surface area contributed by atoms with E-state index in [0.717, 1.165) is 48.2 Å². The van der Waals surface area contributed by atoms with Crippen LogP contribution in [0.3, 0.4) is 0 Å². The molecule has 0 saturated carbocycles. The third-order valence-electron chi connectivity index (χ3n) is 5.20. The second-order valence-electron chi connectivity index (χ2n) is 7.47. The minimum atomic E-state index is -3.99. The van der Waals surface area contributed by atoms with Crippen molar-refractivity contribution in [1.29, 1.82) is 0 Å². The smallest absolute Gasteiger partial charge is 0.257 e. The molecule has 0 atom stereocenters. The summed E-state index contributed by atoms with van der Waals surface area (Å²) in [5.41, 5.74) is 2.86. The van der Waals surface area contributed by atoms with E-state index in [4.69, 9.17) is 0 Å². The number of carbonyl (C=O) groups is 1. The predicted octanol–water partition coefficient (Wildman–Crippen LogP) is 4.68. The van der Waals surface area contributed by atoms with Crippen LogP contribution in [-0.2, 0) is 10.0 Å². The number of aromatic nitrogens is 1. The van der Waals surface area contributed by atoms with Crippen molar-refractivity contribution < 1.29 is 17.6 Å². The van der Waals surface area contributed by atoms with Crippen molar-refractivity contribution in [2.24, 2.45) is 0 Å². The molecule has 1 aliphatic heterocycles. The van der Waals surface area contributed by atoms with Gasteiger partial charge in [-0.25, -0.2) is 17.8 Å². The predicted molar refractivity (Wildman–Crippen MR) is 119 cm³/mol. The molecule has 0 spiro atoms. The van der Waals surface area contributed by atoms with Gasteiger partial charge in [0.15, 0.2) is 5.13 Å². The summed E-state index contributed by atoms with van der Waals surface area (Å²) in [4.78, 5) is 16.6. The molecule has 2 heterocycles. The molecular weight excluding hydrogens is 437 g/mol. The van der Waals surface area contributed by atoms with Crippen LogP contribution in [0.1, 0.15) is 35.2 Å². The Labute approximate surface area is 184 Å². The number of nitrogens with zero attached hydrogens (tertiary/aromatic N) is 2. The summed E-state index contributed by atoms with van der Waals surface area (Å²) in [6.07, 6.45) is 2.44. The highest BCUT2D eigenvalue weighted by molar-refractivity contribution is 7.89. The molecule has 0 radical (unpaired) electrons. The Balaban J connectivity index is 1.54. The number of rotatable bonds is 5. The van der Waals surface area contributed by atoms with E-state index >= 15 is 0 Å². The van der Waals surface area contributed by atoms with Gasteiger partial charge in [0.05, 0.1) is 5.69 Å². The van der Waals surface area contributed by atoms with E-state index in [-0.39, 0.29) is 5.56 Å². The van der Waals surface area contributed by atoms with E-state index in [1.165, 1.54) is 21.7 Å². The van der Waals surface area contributed by atoms with Gasteiger partial charge in [0.2, 0.25) is 10.0 Å². The van der Waals surface area contributed by atoms with Gasteiger partial charge in [-0.15, -0.1) is 11.3 Å². The van der Waals surface area contributed by atoms with Crippen LogP contribution in [-0.4, -0.2) is 36.7 Å². The topological polar surface area (TPSA) is 79.4 Å². The van der Waals surface area contributed by atoms with E-state index in [1.807, 2.05) is 36.6 Å². The lowest BCUT2D eigenvalue weighted by molar-refractivity contribution is 0.102. The Kier molecular flexibility index (Phi) is 6.17. The van der Waals surface area contributed by atoms with Crippen molar-refractivity contribution in [3.8, 4) is 11.3 Å². The number of benzene rings is 2. The summed E-state index contributed by atoms with van der Waals surface area (Å²) < 4.78 is 41.4. The van der Waals surface area contributed by atoms with E-state index < -0.39 is 26.6 Å². The van der Waals surface area contributed by atoms with Crippen LogP contribution in [0.2, 0.25) is 0 Å². The van der Waals surface area contributed by atoms with E-state index in [0.29, 0.717) is 18.2 Å². The zero-order valence-corrected chi connectivity index (χ0v) is 18.6. The number of amides is 1. The first kappa shape index (κ1) is 21.6. The molecule has 1 aliphatic rings. The van der Waals surface area contributed by atoms with Gasteiger partial charge in [0, 0.05) is 29.6 Å². The van der Waals surface area contributed by atoms with Crippen LogP contribution < -0.4 is 5.32 Å². The molecule has 0 aliphatic carbocycles. The standard InChI is InChI=1S/C22H22FN3O3S2/c1-15-5-7-16(8-6-15)19-14-30-22(24-19)25-21(27)17-9-10-18(23)20(13-17)31(28,29)26-11-3-2-4-12-26/h5-10,13-14H,2-4,11-12H2,1H3,(H,24,25,27). The number of hydrogen-bond acceptors (Lipinski definition) is 5. The Morgan fingerprint density at radius 2 is 1.81 bits per heavy atom. The molecule has 1 N–H and O–H groups in total. The SMILES string of the molecule is Cc1ccc(-c2csc(NC(=O)c3ccc(F)c(S(=O)(=O)N4CCCCC4)c3)n2)cc1. The van der Waals surface area contributed by atoms with Gasteiger partial charge < -0.3 is 0 Å². The van der Waals surface area contributed by atoms with Crippen LogP contribution in [0.15, 0.2) is 52.7 Å². The molecule has 1 amide bonds. The van der Waals surface area contributed by atoms with Crippen molar-refractivity contribution in [1.82, 2.24) is 9.29 Å². The van der Waals surface area contributed by atoms with Gasteiger partial charge in [-0.2, -0.15) is 4.31 Å². The third kappa shape index (κ3) is 4.68. The number of thiazole rings is 1. The van der Waals surface area contributed by atoms with Gasteiger partial charge in [0.1, 0.15) is 10.7 Å². The van der Waals surface area contributed by atoms with Crippen molar-refractivity contribution in [3.05, 3.63) is 64.8 Å². The maximum Gasteiger partial charge on any atom is 0.257 e. The van der Waals surface area contributed by atoms with Crippen molar-refractivity contribution in [2.45, 2.75) is 31.1 Å². The lowest BCUT2D eigenvalue weighted by Gasteiger charge is -2.26. The molecule has 1 fully saturated rings. The average molecular weight is 460 g/mol. The molecule has 6 nitrogen and oxygen atoms in total. The lowest BCUT2D eigenvalue weighted by Crippen LogP contribution is -2.36. The molecule has 162 valence electrons. The van der Waals surface area contributed by atoms with Gasteiger partial charge in [0.25, 0.3) is 5.91 Å². The molecule has 4 rings (SSSR count). The van der Waals surface area contributed by atoms with Crippen molar-refractivity contribution in [2.75, 3.05) is 18.4 Å². The molecule has 1 aromatic heterocycles. The van der Waals surface area contributed by atoms with Crippen molar-refractivity contribution in [3.63, 3.8) is 0 Å². The third-order valence-corrected chi connectivity index (χ3v) is 7.87. The number of carbonyl (C=O) groups excluding carboxylic acids is 1. The number of aryl methyl sites for hydroxylation is 1. The minimum Gasteiger partial charge on any atom is -0.298 e. The molecule has 1 saturated heterocycles.